The van der Waals surface area contributed by atoms with Gasteiger partial charge in [-0.2, -0.15) is 0 Å². The molecular weight excluding hydrogens is 390 g/mol. The minimum absolute atomic E-state index is 0.0746. The van der Waals surface area contributed by atoms with Gasteiger partial charge in [0.05, 0.1) is 23.7 Å². The molecule has 0 saturated heterocycles. The number of rotatable bonds is 3. The molecule has 154 valence electrons. The number of benzene rings is 1. The number of carbonyl (C=O) groups excluding carboxylic acids is 2. The zero-order chi connectivity index (χ0) is 21.6. The topological polar surface area (TPSA) is 159 Å². The molecule has 1 aromatic carbocycles. The van der Waals surface area contributed by atoms with Crippen molar-refractivity contribution in [3.63, 3.8) is 0 Å². The molecule has 2 atom stereocenters. The van der Waals surface area contributed by atoms with Gasteiger partial charge in [0.25, 0.3) is 5.56 Å². The van der Waals surface area contributed by atoms with Gasteiger partial charge in [-0.3, -0.25) is 24.4 Å². The minimum Gasteiger partial charge on any atom is -0.465 e. The van der Waals surface area contributed by atoms with Gasteiger partial charge in [-0.15, -0.1) is 0 Å². The van der Waals surface area contributed by atoms with Gasteiger partial charge in [0.2, 0.25) is 0 Å². The monoisotopic (exact) mass is 409 g/mol. The molecule has 10 heteroatoms. The van der Waals surface area contributed by atoms with E-state index in [1.54, 1.807) is 19.1 Å². The number of carbonyl (C=O) groups is 2. The molecule has 5 N–H and O–H groups in total. The number of esters is 1. The van der Waals surface area contributed by atoms with Gasteiger partial charge < -0.3 is 15.8 Å². The molecule has 4 rings (SSSR count). The second kappa shape index (κ2) is 7.14. The number of nitrogens with zero attached hydrogens (tertiary/aromatic N) is 1. The van der Waals surface area contributed by atoms with E-state index < -0.39 is 34.8 Å². The maximum Gasteiger partial charge on any atom is 0.327 e. The van der Waals surface area contributed by atoms with E-state index in [1.165, 1.54) is 0 Å². The van der Waals surface area contributed by atoms with E-state index in [-0.39, 0.29) is 35.2 Å². The van der Waals surface area contributed by atoms with Crippen molar-refractivity contribution < 1.29 is 14.3 Å². The highest BCUT2D eigenvalue weighted by Gasteiger charge is 2.45. The summed E-state index contributed by atoms with van der Waals surface area (Å²) in [6, 6.07) is 7.23. The van der Waals surface area contributed by atoms with Crippen LogP contribution >= 0.6 is 0 Å². The molecule has 2 aliphatic heterocycles. The molecule has 1 aromatic heterocycles. The van der Waals surface area contributed by atoms with Crippen molar-refractivity contribution >= 4 is 23.4 Å². The Morgan fingerprint density at radius 1 is 1.17 bits per heavy atom. The third-order valence-electron chi connectivity index (χ3n) is 5.05. The van der Waals surface area contributed by atoms with Crippen molar-refractivity contribution in [2.75, 3.05) is 11.9 Å². The first-order chi connectivity index (χ1) is 14.3. The Hall–Kier alpha value is -3.95. The lowest BCUT2D eigenvalue weighted by molar-refractivity contribution is -0.148. The predicted octanol–water partition coefficient (Wildman–Crippen LogP) is 0.260. The first-order valence-electron chi connectivity index (χ1n) is 9.31. The molecule has 0 saturated carbocycles. The number of nitrogens with one attached hydrogen (secondary N) is 3. The van der Waals surface area contributed by atoms with Crippen LogP contribution in [0.4, 0.5) is 5.82 Å². The number of ether oxygens (including phenoxy) is 1. The summed E-state index contributed by atoms with van der Waals surface area (Å²) in [5.41, 5.74) is 6.41. The van der Waals surface area contributed by atoms with Crippen LogP contribution in [-0.2, 0) is 14.3 Å². The molecule has 2 aromatic rings. The lowest BCUT2D eigenvalue weighted by Crippen LogP contribution is -2.45. The standard InChI is InChI=1S/C20H19N5O5/c1-3-30-19(28)13-14(26)11-10(9-6-4-8(2)5-7-9)12-17(23-16(11)22-15(13)21)24-20(29)25-18(12)27/h4-7,10,13H,3H2,1-2H3,(H2,21,22)(H3,23,24,25,27,29). The van der Waals surface area contributed by atoms with E-state index >= 15 is 0 Å². The van der Waals surface area contributed by atoms with Crippen molar-refractivity contribution in [3.05, 3.63) is 73.2 Å². The van der Waals surface area contributed by atoms with Crippen LogP contribution in [0, 0.1) is 12.8 Å². The number of aryl methyl sites for hydroxylation is 1. The van der Waals surface area contributed by atoms with E-state index in [0.29, 0.717) is 5.56 Å². The third kappa shape index (κ3) is 3.02. The van der Waals surface area contributed by atoms with Crippen molar-refractivity contribution in [2.45, 2.75) is 19.8 Å². The maximum atomic E-state index is 13.4. The summed E-state index contributed by atoms with van der Waals surface area (Å²) in [6.07, 6.45) is 0. The van der Waals surface area contributed by atoms with Crippen LogP contribution in [0.1, 0.15) is 29.5 Å². The molecule has 0 aliphatic carbocycles. The highest BCUT2D eigenvalue weighted by molar-refractivity contribution is 6.25. The molecule has 10 nitrogen and oxygen atoms in total. The number of H-pyrrole nitrogens is 2. The summed E-state index contributed by atoms with van der Waals surface area (Å²) in [7, 11) is 0. The fraction of sp³-hybridized carbons (Fsp3) is 0.250. The fourth-order valence-corrected chi connectivity index (χ4v) is 3.71. The molecule has 30 heavy (non-hydrogen) atoms. The lowest BCUT2D eigenvalue weighted by atomic mass is 9.77. The second-order valence-corrected chi connectivity index (χ2v) is 7.01. The highest BCUT2D eigenvalue weighted by atomic mass is 16.5. The highest BCUT2D eigenvalue weighted by Crippen LogP contribution is 2.42. The van der Waals surface area contributed by atoms with Gasteiger partial charge in [-0.05, 0) is 19.4 Å². The Morgan fingerprint density at radius 2 is 1.87 bits per heavy atom. The number of allylic oxidation sites excluding steroid dienone is 1. The second-order valence-electron chi connectivity index (χ2n) is 7.01. The van der Waals surface area contributed by atoms with Gasteiger partial charge in [0.15, 0.2) is 11.7 Å². The number of hydrogen-bond donors (Lipinski definition) is 4. The number of fused-ring (bicyclic) bond motifs is 1. The zero-order valence-electron chi connectivity index (χ0n) is 16.2. The Bertz CT molecular complexity index is 1240. The number of Topliss-reactive ketones (excluding diaryl/α,β-unsaturated/α-hetero) is 1. The summed E-state index contributed by atoms with van der Waals surface area (Å²) < 4.78 is 4.99. The molecule has 0 bridgehead atoms. The number of aromatic nitrogens is 2. The Morgan fingerprint density at radius 3 is 2.53 bits per heavy atom. The van der Waals surface area contributed by atoms with Crippen LogP contribution in [0.3, 0.4) is 0 Å². The number of anilines is 1. The van der Waals surface area contributed by atoms with Crippen molar-refractivity contribution in [3.8, 4) is 0 Å². The Labute approximate surface area is 169 Å². The van der Waals surface area contributed by atoms with Crippen LogP contribution in [0.25, 0.3) is 0 Å². The zero-order valence-corrected chi connectivity index (χ0v) is 16.2. The molecule has 0 amide bonds. The van der Waals surface area contributed by atoms with Gasteiger partial charge in [-0.25, -0.2) is 9.79 Å². The van der Waals surface area contributed by atoms with Crippen molar-refractivity contribution in [1.82, 2.24) is 9.97 Å². The van der Waals surface area contributed by atoms with Crippen LogP contribution < -0.4 is 22.3 Å². The number of nitrogens with two attached hydrogens (primary N) is 1. The van der Waals surface area contributed by atoms with Gasteiger partial charge in [0.1, 0.15) is 17.5 Å². The van der Waals surface area contributed by atoms with Gasteiger partial charge in [-0.1, -0.05) is 29.8 Å². The van der Waals surface area contributed by atoms with Gasteiger partial charge in [0, 0.05) is 0 Å². The molecule has 3 heterocycles. The smallest absolute Gasteiger partial charge is 0.327 e. The largest absolute Gasteiger partial charge is 0.465 e. The van der Waals surface area contributed by atoms with Crippen LogP contribution in [0.15, 0.2) is 50.2 Å². The average Bonchev–Trinajstić information content (AvgIpc) is 2.67. The fourth-order valence-electron chi connectivity index (χ4n) is 3.71. The lowest BCUT2D eigenvalue weighted by Gasteiger charge is -2.32. The molecular formula is C20H19N5O5. The maximum absolute atomic E-state index is 13.4. The van der Waals surface area contributed by atoms with E-state index in [9.17, 15) is 19.2 Å². The number of aromatic amines is 2. The summed E-state index contributed by atoms with van der Waals surface area (Å²) in [6.45, 7) is 3.60. The average molecular weight is 409 g/mol. The Balaban J connectivity index is 1.96. The summed E-state index contributed by atoms with van der Waals surface area (Å²) in [5.74, 6) is -3.70. The first kappa shape index (κ1) is 19.4. The van der Waals surface area contributed by atoms with E-state index in [4.69, 9.17) is 10.5 Å². The molecule has 2 unspecified atom stereocenters. The molecule has 0 radical (unpaired) electrons. The predicted molar refractivity (Wildman–Crippen MR) is 108 cm³/mol. The summed E-state index contributed by atoms with van der Waals surface area (Å²) >= 11 is 0. The molecule has 0 fully saturated rings. The summed E-state index contributed by atoms with van der Waals surface area (Å²) in [4.78, 5) is 59.2. The normalized spacial score (nSPS) is 20.1. The SMILES string of the molecule is CCOC(=O)C1C(=O)C2=C(N=C1N)Nc1[nH]c(=O)[nH]c(=O)c1C2c1ccc(C)cc1. The van der Waals surface area contributed by atoms with Crippen LogP contribution in [0.2, 0.25) is 0 Å². The van der Waals surface area contributed by atoms with E-state index in [2.05, 4.69) is 20.3 Å². The van der Waals surface area contributed by atoms with Crippen LogP contribution in [-0.4, -0.2) is 34.2 Å². The molecule has 2 aliphatic rings. The van der Waals surface area contributed by atoms with Crippen LogP contribution in [0.5, 0.6) is 0 Å². The minimum atomic E-state index is -1.40. The summed E-state index contributed by atoms with van der Waals surface area (Å²) in [5, 5.41) is 2.81. The third-order valence-corrected chi connectivity index (χ3v) is 5.05. The van der Waals surface area contributed by atoms with Gasteiger partial charge >= 0.3 is 11.7 Å². The first-order valence-corrected chi connectivity index (χ1v) is 9.31. The van der Waals surface area contributed by atoms with E-state index in [0.717, 1.165) is 5.56 Å². The van der Waals surface area contributed by atoms with E-state index in [1.807, 2.05) is 19.1 Å². The number of aliphatic imine (C=N–C) groups is 1. The number of hydrogen-bond acceptors (Lipinski definition) is 8. The van der Waals surface area contributed by atoms with Crippen molar-refractivity contribution in [2.24, 2.45) is 16.6 Å². The van der Waals surface area contributed by atoms with Crippen molar-refractivity contribution in [1.29, 1.82) is 0 Å². The molecule has 0 spiro atoms. The quantitative estimate of drug-likeness (QED) is 0.418. The Kier molecular flexibility index (Phi) is 4.61. The number of ketones is 1. The number of amidine groups is 1.